The van der Waals surface area contributed by atoms with Gasteiger partial charge in [-0.1, -0.05) is 13.0 Å². The lowest BCUT2D eigenvalue weighted by Gasteiger charge is -2.16. The van der Waals surface area contributed by atoms with Crippen molar-refractivity contribution < 1.29 is 18.3 Å². The van der Waals surface area contributed by atoms with Crippen LogP contribution < -0.4 is 10.5 Å². The smallest absolute Gasteiger partial charge is 0.174 e. The summed E-state index contributed by atoms with van der Waals surface area (Å²) in [5, 5.41) is 0. The minimum Gasteiger partial charge on any atom is -0.488 e. The third-order valence-corrected chi connectivity index (χ3v) is 3.32. The monoisotopic (exact) mass is 320 g/mol. The van der Waals surface area contributed by atoms with Crippen LogP contribution in [0, 0.1) is 11.6 Å². The largest absolute Gasteiger partial charge is 0.488 e. The van der Waals surface area contributed by atoms with E-state index in [-0.39, 0.29) is 34.5 Å². The quantitative estimate of drug-likeness (QED) is 0.852. The van der Waals surface area contributed by atoms with Gasteiger partial charge >= 0.3 is 0 Å². The van der Waals surface area contributed by atoms with Gasteiger partial charge in [-0.2, -0.15) is 0 Å². The van der Waals surface area contributed by atoms with Gasteiger partial charge in [0.15, 0.2) is 23.7 Å². The van der Waals surface area contributed by atoms with Crippen LogP contribution in [0.2, 0.25) is 0 Å². The first-order valence-electron chi connectivity index (χ1n) is 7.28. The normalized spacial score (nSPS) is 10.9. The van der Waals surface area contributed by atoms with Crippen molar-refractivity contribution in [3.63, 3.8) is 0 Å². The Morgan fingerprint density at radius 3 is 2.61 bits per heavy atom. The standard InChI is InChI=1S/C17H18F2N2O2/c1-4-10-5-6-14(23-9(2)3)16(19)15(10)17-11(18)7-12(20)13(8-22)21-17/h5-9H,4,20H2,1-3H3. The number of aldehydes is 1. The molecule has 0 atom stereocenters. The molecule has 0 bridgehead atoms. The first kappa shape index (κ1) is 16.9. The van der Waals surface area contributed by atoms with Crippen molar-refractivity contribution in [2.24, 2.45) is 0 Å². The summed E-state index contributed by atoms with van der Waals surface area (Å²) in [7, 11) is 0. The fourth-order valence-corrected chi connectivity index (χ4v) is 2.28. The second-order valence-corrected chi connectivity index (χ2v) is 5.34. The number of aryl methyl sites for hydroxylation is 1. The molecule has 2 aromatic rings. The van der Waals surface area contributed by atoms with Crippen molar-refractivity contribution in [2.75, 3.05) is 5.73 Å². The van der Waals surface area contributed by atoms with Crippen molar-refractivity contribution in [2.45, 2.75) is 33.3 Å². The van der Waals surface area contributed by atoms with Crippen LogP contribution in [0.4, 0.5) is 14.5 Å². The van der Waals surface area contributed by atoms with E-state index in [1.807, 2.05) is 6.92 Å². The summed E-state index contributed by atoms with van der Waals surface area (Å²) in [5.41, 5.74) is 5.62. The summed E-state index contributed by atoms with van der Waals surface area (Å²) in [6.45, 7) is 5.34. The van der Waals surface area contributed by atoms with Crippen molar-refractivity contribution in [3.05, 3.63) is 41.1 Å². The van der Waals surface area contributed by atoms with E-state index in [2.05, 4.69) is 4.98 Å². The Hall–Kier alpha value is -2.50. The Labute approximate surface area is 133 Å². The number of rotatable bonds is 5. The molecule has 0 radical (unpaired) electrons. The number of hydrogen-bond acceptors (Lipinski definition) is 4. The molecule has 0 aliphatic carbocycles. The van der Waals surface area contributed by atoms with E-state index in [4.69, 9.17) is 10.5 Å². The number of nitrogens with two attached hydrogens (primary N) is 1. The molecule has 0 amide bonds. The summed E-state index contributed by atoms with van der Waals surface area (Å²) in [4.78, 5) is 14.9. The SMILES string of the molecule is CCc1ccc(OC(C)C)c(F)c1-c1nc(C=O)c(N)cc1F. The van der Waals surface area contributed by atoms with Gasteiger partial charge in [0.2, 0.25) is 0 Å². The van der Waals surface area contributed by atoms with E-state index in [1.165, 1.54) is 6.07 Å². The van der Waals surface area contributed by atoms with Gasteiger partial charge < -0.3 is 10.5 Å². The molecule has 1 heterocycles. The van der Waals surface area contributed by atoms with Crippen LogP contribution in [0.5, 0.6) is 5.75 Å². The number of nitrogen functional groups attached to an aromatic ring is 1. The van der Waals surface area contributed by atoms with E-state index in [1.54, 1.807) is 19.9 Å². The fraction of sp³-hybridized carbons (Fsp3) is 0.294. The molecule has 0 saturated carbocycles. The Morgan fingerprint density at radius 2 is 2.04 bits per heavy atom. The highest BCUT2D eigenvalue weighted by Gasteiger charge is 2.21. The van der Waals surface area contributed by atoms with E-state index >= 15 is 0 Å². The molecule has 0 aliphatic heterocycles. The lowest BCUT2D eigenvalue weighted by atomic mass is 9.99. The minimum atomic E-state index is -0.789. The number of carbonyl (C=O) groups excluding carboxylic acids is 1. The predicted molar refractivity (Wildman–Crippen MR) is 84.5 cm³/mol. The molecule has 0 spiro atoms. The van der Waals surface area contributed by atoms with Gasteiger partial charge in [-0.15, -0.1) is 0 Å². The zero-order chi connectivity index (χ0) is 17.1. The van der Waals surface area contributed by atoms with Crippen molar-refractivity contribution in [3.8, 4) is 17.0 Å². The zero-order valence-corrected chi connectivity index (χ0v) is 13.2. The van der Waals surface area contributed by atoms with Crippen LogP contribution in [0.3, 0.4) is 0 Å². The summed E-state index contributed by atoms with van der Waals surface area (Å²) in [6, 6.07) is 4.14. The van der Waals surface area contributed by atoms with Gasteiger partial charge in [0, 0.05) is 11.6 Å². The van der Waals surface area contributed by atoms with Crippen LogP contribution in [-0.4, -0.2) is 17.4 Å². The number of aromatic nitrogens is 1. The number of benzene rings is 1. The molecule has 6 heteroatoms. The second-order valence-electron chi connectivity index (χ2n) is 5.34. The highest BCUT2D eigenvalue weighted by atomic mass is 19.1. The molecule has 0 fully saturated rings. The van der Waals surface area contributed by atoms with Crippen molar-refractivity contribution >= 4 is 12.0 Å². The van der Waals surface area contributed by atoms with E-state index in [0.717, 1.165) is 6.07 Å². The minimum absolute atomic E-state index is 0.00810. The third kappa shape index (κ3) is 3.31. The number of carbonyl (C=O) groups is 1. The van der Waals surface area contributed by atoms with Crippen LogP contribution in [-0.2, 0) is 6.42 Å². The number of hydrogen-bond donors (Lipinski definition) is 1. The molecular formula is C17H18F2N2O2. The molecule has 1 aromatic heterocycles. The van der Waals surface area contributed by atoms with Gasteiger partial charge in [0.25, 0.3) is 0 Å². The Morgan fingerprint density at radius 1 is 1.35 bits per heavy atom. The number of anilines is 1. The lowest BCUT2D eigenvalue weighted by Crippen LogP contribution is -2.09. The summed E-state index contributed by atoms with van der Waals surface area (Å²) >= 11 is 0. The Balaban J connectivity index is 2.73. The fourth-order valence-electron chi connectivity index (χ4n) is 2.28. The Kier molecular flexibility index (Phi) is 4.93. The second kappa shape index (κ2) is 6.73. The highest BCUT2D eigenvalue weighted by Crippen LogP contribution is 2.34. The summed E-state index contributed by atoms with van der Waals surface area (Å²) in [6.07, 6.45) is 0.645. The molecule has 2 rings (SSSR count). The van der Waals surface area contributed by atoms with E-state index in [0.29, 0.717) is 18.3 Å². The first-order chi connectivity index (χ1) is 10.9. The predicted octanol–water partition coefficient (Wildman–Crippen LogP) is 3.77. The number of ether oxygens (including phenoxy) is 1. The van der Waals surface area contributed by atoms with Gasteiger partial charge in [-0.05, 0) is 31.9 Å². The number of halogens is 2. The van der Waals surface area contributed by atoms with Gasteiger partial charge in [0.1, 0.15) is 11.4 Å². The number of pyridine rings is 1. The topological polar surface area (TPSA) is 65.2 Å². The van der Waals surface area contributed by atoms with E-state index < -0.39 is 11.6 Å². The van der Waals surface area contributed by atoms with Crippen LogP contribution >= 0.6 is 0 Å². The maximum atomic E-state index is 14.8. The van der Waals surface area contributed by atoms with Crippen LogP contribution in [0.15, 0.2) is 18.2 Å². The first-order valence-corrected chi connectivity index (χ1v) is 7.28. The Bertz CT molecular complexity index is 746. The zero-order valence-electron chi connectivity index (χ0n) is 13.2. The molecule has 122 valence electrons. The average molecular weight is 320 g/mol. The molecule has 2 N–H and O–H groups in total. The maximum Gasteiger partial charge on any atom is 0.174 e. The molecule has 4 nitrogen and oxygen atoms in total. The molecular weight excluding hydrogens is 302 g/mol. The molecule has 0 unspecified atom stereocenters. The van der Waals surface area contributed by atoms with Crippen molar-refractivity contribution in [1.29, 1.82) is 0 Å². The summed E-state index contributed by atoms with van der Waals surface area (Å²) in [5.74, 6) is -1.48. The van der Waals surface area contributed by atoms with Crippen molar-refractivity contribution in [1.82, 2.24) is 4.98 Å². The maximum absolute atomic E-state index is 14.8. The van der Waals surface area contributed by atoms with Crippen LogP contribution in [0.1, 0.15) is 36.8 Å². The van der Waals surface area contributed by atoms with Gasteiger partial charge in [-0.25, -0.2) is 13.8 Å². The molecule has 0 saturated heterocycles. The van der Waals surface area contributed by atoms with Gasteiger partial charge in [-0.3, -0.25) is 4.79 Å². The third-order valence-electron chi connectivity index (χ3n) is 3.32. The molecule has 1 aromatic carbocycles. The summed E-state index contributed by atoms with van der Waals surface area (Å²) < 4.78 is 34.5. The van der Waals surface area contributed by atoms with Gasteiger partial charge in [0.05, 0.1) is 11.8 Å². The highest BCUT2D eigenvalue weighted by molar-refractivity contribution is 5.82. The number of nitrogens with zero attached hydrogens (tertiary/aromatic N) is 1. The molecule has 0 aliphatic rings. The van der Waals surface area contributed by atoms with E-state index in [9.17, 15) is 13.6 Å². The van der Waals surface area contributed by atoms with Crippen LogP contribution in [0.25, 0.3) is 11.3 Å². The molecule has 23 heavy (non-hydrogen) atoms. The average Bonchev–Trinajstić information content (AvgIpc) is 2.49. The lowest BCUT2D eigenvalue weighted by molar-refractivity contribution is 0.112.